The van der Waals surface area contributed by atoms with Gasteiger partial charge in [0.2, 0.25) is 5.91 Å². The molecule has 0 bridgehead atoms. The normalized spacial score (nSPS) is 28.2. The average molecular weight is 287 g/mol. The minimum Gasteiger partial charge on any atom is -0.481 e. The lowest BCUT2D eigenvalue weighted by atomic mass is 9.98. The topological polar surface area (TPSA) is 57.6 Å². The quantitative estimate of drug-likeness (QED) is 0.926. The highest BCUT2D eigenvalue weighted by Crippen LogP contribution is 2.49. The molecule has 1 aliphatic carbocycles. The summed E-state index contributed by atoms with van der Waals surface area (Å²) >= 11 is 0. The minimum absolute atomic E-state index is 0.0572. The van der Waals surface area contributed by atoms with Crippen LogP contribution >= 0.6 is 0 Å². The summed E-state index contributed by atoms with van der Waals surface area (Å²) in [5, 5.41) is 9.01. The third kappa shape index (κ3) is 3.09. The number of carboxylic acid groups (broad SMARTS) is 1. The molecule has 21 heavy (non-hydrogen) atoms. The van der Waals surface area contributed by atoms with Gasteiger partial charge in [0.05, 0.1) is 6.42 Å². The number of carbonyl (C=O) groups excluding carboxylic acids is 1. The van der Waals surface area contributed by atoms with Crippen LogP contribution < -0.4 is 0 Å². The van der Waals surface area contributed by atoms with Gasteiger partial charge in [0, 0.05) is 18.5 Å². The van der Waals surface area contributed by atoms with Crippen molar-refractivity contribution in [2.24, 2.45) is 5.92 Å². The number of carbonyl (C=O) groups is 2. The average Bonchev–Trinajstić information content (AvgIpc) is 3.28. The van der Waals surface area contributed by atoms with Crippen LogP contribution in [0.15, 0.2) is 30.3 Å². The number of hydrogen-bond donors (Lipinski definition) is 1. The largest absolute Gasteiger partial charge is 0.481 e. The number of rotatable bonds is 4. The Morgan fingerprint density at radius 2 is 1.95 bits per heavy atom. The van der Waals surface area contributed by atoms with E-state index in [1.54, 1.807) is 0 Å². The molecule has 1 saturated carbocycles. The lowest BCUT2D eigenvalue weighted by Crippen LogP contribution is -2.45. The molecule has 2 fully saturated rings. The maximum absolute atomic E-state index is 12.7. The van der Waals surface area contributed by atoms with Crippen LogP contribution in [0.1, 0.15) is 43.6 Å². The Morgan fingerprint density at radius 1 is 1.19 bits per heavy atom. The molecule has 4 nitrogen and oxygen atoms in total. The standard InChI is InChI=1S/C17H21NO3/c19-16(20)10-13-8-4-5-9-18(13)17(21)15-11-14(15)12-6-2-1-3-7-12/h1-3,6-7,13-15H,4-5,8-11H2,(H,19,20). The smallest absolute Gasteiger partial charge is 0.305 e. The summed E-state index contributed by atoms with van der Waals surface area (Å²) in [4.78, 5) is 25.5. The van der Waals surface area contributed by atoms with E-state index in [0.717, 1.165) is 32.2 Å². The van der Waals surface area contributed by atoms with Gasteiger partial charge in [0.25, 0.3) is 0 Å². The van der Waals surface area contributed by atoms with Crippen LogP contribution in [0.5, 0.6) is 0 Å². The number of likely N-dealkylation sites (tertiary alicyclic amines) is 1. The Morgan fingerprint density at radius 3 is 2.67 bits per heavy atom. The molecule has 1 saturated heterocycles. The van der Waals surface area contributed by atoms with Crippen LogP contribution in [-0.4, -0.2) is 34.5 Å². The first-order valence-electron chi connectivity index (χ1n) is 7.74. The molecule has 1 aliphatic heterocycles. The summed E-state index contributed by atoms with van der Waals surface area (Å²) in [5.41, 5.74) is 1.22. The Bertz CT molecular complexity index is 528. The van der Waals surface area contributed by atoms with Crippen molar-refractivity contribution in [3.8, 4) is 0 Å². The molecular formula is C17H21NO3. The first-order chi connectivity index (χ1) is 10.2. The molecule has 3 unspecified atom stereocenters. The molecule has 1 amide bonds. The molecule has 3 rings (SSSR count). The molecule has 3 atom stereocenters. The van der Waals surface area contributed by atoms with E-state index >= 15 is 0 Å². The highest BCUT2D eigenvalue weighted by atomic mass is 16.4. The number of aliphatic carboxylic acids is 1. The highest BCUT2D eigenvalue weighted by molar-refractivity contribution is 5.84. The van der Waals surface area contributed by atoms with E-state index in [2.05, 4.69) is 12.1 Å². The summed E-state index contributed by atoms with van der Waals surface area (Å²) in [6, 6.07) is 10.0. The van der Waals surface area contributed by atoms with E-state index in [1.807, 2.05) is 23.1 Å². The summed E-state index contributed by atoms with van der Waals surface area (Å²) in [6.07, 6.45) is 3.81. The van der Waals surface area contributed by atoms with Gasteiger partial charge < -0.3 is 10.0 Å². The zero-order chi connectivity index (χ0) is 14.8. The van der Waals surface area contributed by atoms with E-state index in [0.29, 0.717) is 5.92 Å². The molecular weight excluding hydrogens is 266 g/mol. The van der Waals surface area contributed by atoms with Gasteiger partial charge in [-0.2, -0.15) is 0 Å². The Labute approximate surface area is 124 Å². The number of carboxylic acids is 1. The fourth-order valence-corrected chi connectivity index (χ4v) is 3.45. The van der Waals surface area contributed by atoms with Crippen LogP contribution in [0.2, 0.25) is 0 Å². The van der Waals surface area contributed by atoms with Gasteiger partial charge in [-0.1, -0.05) is 30.3 Å². The third-order valence-corrected chi connectivity index (χ3v) is 4.66. The summed E-state index contributed by atoms with van der Waals surface area (Å²) in [6.45, 7) is 0.717. The first kappa shape index (κ1) is 14.1. The van der Waals surface area contributed by atoms with E-state index in [-0.39, 0.29) is 24.3 Å². The highest BCUT2D eigenvalue weighted by Gasteiger charge is 2.47. The van der Waals surface area contributed by atoms with E-state index < -0.39 is 5.97 Å². The van der Waals surface area contributed by atoms with Crippen molar-refractivity contribution < 1.29 is 14.7 Å². The maximum Gasteiger partial charge on any atom is 0.305 e. The van der Waals surface area contributed by atoms with Gasteiger partial charge in [0.1, 0.15) is 0 Å². The minimum atomic E-state index is -0.810. The summed E-state index contributed by atoms with van der Waals surface area (Å²) in [7, 11) is 0. The SMILES string of the molecule is O=C(O)CC1CCCCN1C(=O)C1CC1c1ccccc1. The number of hydrogen-bond acceptors (Lipinski definition) is 2. The molecule has 1 N–H and O–H groups in total. The monoisotopic (exact) mass is 287 g/mol. The summed E-state index contributed by atoms with van der Waals surface area (Å²) in [5.74, 6) is -0.266. The molecule has 1 aromatic carbocycles. The van der Waals surface area contributed by atoms with Crippen molar-refractivity contribution in [3.63, 3.8) is 0 Å². The Hall–Kier alpha value is -1.84. The number of piperidine rings is 1. The van der Waals surface area contributed by atoms with Crippen LogP contribution in [0, 0.1) is 5.92 Å². The van der Waals surface area contributed by atoms with Crippen molar-refractivity contribution >= 4 is 11.9 Å². The number of benzene rings is 1. The van der Waals surface area contributed by atoms with Gasteiger partial charge in [0.15, 0.2) is 0 Å². The van der Waals surface area contributed by atoms with Crippen molar-refractivity contribution in [2.45, 2.75) is 44.1 Å². The Balaban J connectivity index is 1.66. The van der Waals surface area contributed by atoms with Crippen molar-refractivity contribution in [2.75, 3.05) is 6.54 Å². The summed E-state index contributed by atoms with van der Waals surface area (Å²) < 4.78 is 0. The zero-order valence-electron chi connectivity index (χ0n) is 12.1. The predicted octanol–water partition coefficient (Wildman–Crippen LogP) is 2.65. The second-order valence-corrected chi connectivity index (χ2v) is 6.14. The fraction of sp³-hybridized carbons (Fsp3) is 0.529. The first-order valence-corrected chi connectivity index (χ1v) is 7.74. The lowest BCUT2D eigenvalue weighted by Gasteiger charge is -2.35. The molecule has 1 aromatic rings. The van der Waals surface area contributed by atoms with E-state index in [4.69, 9.17) is 5.11 Å². The molecule has 4 heteroatoms. The molecule has 112 valence electrons. The van der Waals surface area contributed by atoms with Crippen LogP contribution in [0.4, 0.5) is 0 Å². The molecule has 0 radical (unpaired) electrons. The van der Waals surface area contributed by atoms with E-state index in [9.17, 15) is 9.59 Å². The van der Waals surface area contributed by atoms with Gasteiger partial charge in [-0.25, -0.2) is 0 Å². The van der Waals surface area contributed by atoms with Crippen LogP contribution in [-0.2, 0) is 9.59 Å². The van der Waals surface area contributed by atoms with Crippen LogP contribution in [0.25, 0.3) is 0 Å². The van der Waals surface area contributed by atoms with Gasteiger partial charge in [-0.15, -0.1) is 0 Å². The third-order valence-electron chi connectivity index (χ3n) is 4.66. The predicted molar refractivity (Wildman–Crippen MR) is 78.9 cm³/mol. The molecule has 2 aliphatic rings. The van der Waals surface area contributed by atoms with Gasteiger partial charge >= 0.3 is 5.97 Å². The fourth-order valence-electron chi connectivity index (χ4n) is 3.45. The number of amides is 1. The second-order valence-electron chi connectivity index (χ2n) is 6.14. The van der Waals surface area contributed by atoms with Crippen LogP contribution in [0.3, 0.4) is 0 Å². The molecule has 0 spiro atoms. The van der Waals surface area contributed by atoms with Gasteiger partial charge in [-0.3, -0.25) is 9.59 Å². The lowest BCUT2D eigenvalue weighted by molar-refractivity contribution is -0.142. The van der Waals surface area contributed by atoms with E-state index in [1.165, 1.54) is 5.56 Å². The second kappa shape index (κ2) is 5.88. The molecule has 1 heterocycles. The Kier molecular flexibility index (Phi) is 3.95. The van der Waals surface area contributed by atoms with Crippen molar-refractivity contribution in [3.05, 3.63) is 35.9 Å². The van der Waals surface area contributed by atoms with Crippen molar-refractivity contribution in [1.29, 1.82) is 0 Å². The van der Waals surface area contributed by atoms with Crippen molar-refractivity contribution in [1.82, 2.24) is 4.90 Å². The molecule has 0 aromatic heterocycles. The number of nitrogens with zero attached hydrogens (tertiary/aromatic N) is 1. The van der Waals surface area contributed by atoms with Gasteiger partial charge in [-0.05, 0) is 37.2 Å². The maximum atomic E-state index is 12.7. The zero-order valence-corrected chi connectivity index (χ0v) is 12.1.